The van der Waals surface area contributed by atoms with Gasteiger partial charge < -0.3 is 22.0 Å². The molecule has 0 aromatic carbocycles. The maximum absolute atomic E-state index is 8.29. The van der Waals surface area contributed by atoms with Crippen LogP contribution < -0.4 is 12.4 Å². The highest BCUT2D eigenvalue weighted by molar-refractivity contribution is 4.49. The Hall–Kier alpha value is 0.210. The molecule has 0 unspecified atom stereocenters. The van der Waals surface area contributed by atoms with E-state index in [1.807, 2.05) is 0 Å². The highest BCUT2D eigenvalue weighted by Crippen LogP contribution is 2.16. The zero-order valence-electron chi connectivity index (χ0n) is 18.3. The van der Waals surface area contributed by atoms with Gasteiger partial charge in [0.2, 0.25) is 0 Å². The summed E-state index contributed by atoms with van der Waals surface area (Å²) in [6.45, 7) is 17.5. The maximum Gasteiger partial charge on any atom is 0.0786 e. The molecule has 25 heavy (non-hydrogen) atoms. The second-order valence-electron chi connectivity index (χ2n) is 7.43. The van der Waals surface area contributed by atoms with Gasteiger partial charge in [-0.05, 0) is 32.1 Å². The molecule has 156 valence electrons. The molecule has 1 N–H and O–H groups in total. The van der Waals surface area contributed by atoms with Crippen LogP contribution >= 0.6 is 0 Å². The number of halogens is 1. The van der Waals surface area contributed by atoms with Crippen LogP contribution in [0.15, 0.2) is 0 Å². The lowest BCUT2D eigenvalue weighted by molar-refractivity contribution is -0.929. The van der Waals surface area contributed by atoms with Crippen LogP contribution in [0.4, 0.5) is 0 Å². The maximum atomic E-state index is 8.29. The molecule has 3 heteroatoms. The summed E-state index contributed by atoms with van der Waals surface area (Å²) in [5.41, 5.74) is 0. The minimum Gasteiger partial charge on any atom is -1.00 e. The zero-order chi connectivity index (χ0) is 18.5. The summed E-state index contributed by atoms with van der Waals surface area (Å²) in [6, 6.07) is 0. The van der Waals surface area contributed by atoms with Crippen molar-refractivity contribution in [3.8, 4) is 0 Å². The number of aliphatic hydroxyl groups is 1. The predicted molar refractivity (Wildman–Crippen MR) is 111 cm³/mol. The van der Waals surface area contributed by atoms with E-state index in [0.29, 0.717) is 6.61 Å². The minimum atomic E-state index is 0. The summed E-state index contributed by atoms with van der Waals surface area (Å²) < 4.78 is 1.42. The van der Waals surface area contributed by atoms with Gasteiger partial charge in [0, 0.05) is 6.61 Å². The van der Waals surface area contributed by atoms with Crippen molar-refractivity contribution in [1.29, 1.82) is 0 Å². The smallest absolute Gasteiger partial charge is 0.0786 e. The molecule has 0 rings (SSSR count). The summed E-state index contributed by atoms with van der Waals surface area (Å²) in [5.74, 6) is 0. The molecule has 0 aliphatic heterocycles. The Balaban J connectivity index is -0.000000513. The van der Waals surface area contributed by atoms with Gasteiger partial charge in [0.25, 0.3) is 0 Å². The van der Waals surface area contributed by atoms with Gasteiger partial charge in [0.15, 0.2) is 0 Å². The zero-order valence-corrected chi connectivity index (χ0v) is 19.0. The quantitative estimate of drug-likeness (QED) is 0.321. The van der Waals surface area contributed by atoms with Gasteiger partial charge in [0.1, 0.15) is 0 Å². The van der Waals surface area contributed by atoms with Crippen molar-refractivity contribution in [2.24, 2.45) is 0 Å². The topological polar surface area (TPSA) is 20.2 Å². The van der Waals surface area contributed by atoms with E-state index in [0.717, 1.165) is 6.42 Å². The predicted octanol–water partition coefficient (Wildman–Crippen LogP) is 3.57. The van der Waals surface area contributed by atoms with Crippen molar-refractivity contribution in [2.45, 2.75) is 112 Å². The molecule has 2 nitrogen and oxygen atoms in total. The third-order valence-electron chi connectivity index (χ3n) is 4.96. The number of rotatable bonds is 16. The van der Waals surface area contributed by atoms with E-state index in [4.69, 9.17) is 5.11 Å². The van der Waals surface area contributed by atoms with E-state index in [1.54, 1.807) is 0 Å². The molecular formula is C22H50ClNO. The van der Waals surface area contributed by atoms with E-state index in [2.05, 4.69) is 34.6 Å². The van der Waals surface area contributed by atoms with Gasteiger partial charge in [-0.1, -0.05) is 79.6 Å². The summed E-state index contributed by atoms with van der Waals surface area (Å²) in [7, 11) is 0. The Labute approximate surface area is 166 Å². The van der Waals surface area contributed by atoms with Crippen LogP contribution in [-0.2, 0) is 0 Å². The molecule has 0 aliphatic carbocycles. The number of hydrogen-bond donors (Lipinski definition) is 1. The summed E-state index contributed by atoms with van der Waals surface area (Å²) in [5, 5.41) is 8.29. The third kappa shape index (κ3) is 20.4. The van der Waals surface area contributed by atoms with Crippen molar-refractivity contribution in [2.75, 3.05) is 32.8 Å². The molecule has 0 atom stereocenters. The molecule has 0 radical (unpaired) electrons. The number of nitrogens with zero attached hydrogens (tertiary/aromatic N) is 1. The van der Waals surface area contributed by atoms with Gasteiger partial charge in [-0.3, -0.25) is 0 Å². The summed E-state index contributed by atoms with van der Waals surface area (Å²) in [4.78, 5) is 0. The molecule has 0 saturated heterocycles. The first-order chi connectivity index (χ1) is 11.7. The number of hydrogen-bond acceptors (Lipinski definition) is 1. The Bertz CT molecular complexity index is 183. The largest absolute Gasteiger partial charge is 1.00 e. The van der Waals surface area contributed by atoms with Crippen LogP contribution in [-0.4, -0.2) is 42.4 Å². The Morgan fingerprint density at radius 1 is 0.480 bits per heavy atom. The monoisotopic (exact) mass is 379 g/mol. The Morgan fingerprint density at radius 3 is 1.04 bits per heavy atom. The van der Waals surface area contributed by atoms with E-state index in [9.17, 15) is 0 Å². The van der Waals surface area contributed by atoms with Crippen molar-refractivity contribution < 1.29 is 22.0 Å². The number of unbranched alkanes of at least 4 members (excludes halogenated alkanes) is 7. The van der Waals surface area contributed by atoms with Crippen LogP contribution in [0.3, 0.4) is 0 Å². The summed E-state index contributed by atoms with van der Waals surface area (Å²) >= 11 is 0. The first kappa shape index (κ1) is 30.0. The normalized spacial score (nSPS) is 10.8. The molecule has 0 aliphatic rings. The lowest BCUT2D eigenvalue weighted by Gasteiger charge is -2.39. The second kappa shape index (κ2) is 24.2. The highest BCUT2D eigenvalue weighted by Gasteiger charge is 2.24. The van der Waals surface area contributed by atoms with E-state index >= 15 is 0 Å². The van der Waals surface area contributed by atoms with Crippen LogP contribution in [0, 0.1) is 0 Å². The minimum absolute atomic E-state index is 0. The molecule has 0 aromatic heterocycles. The number of aliphatic hydroxyl groups excluding tert-OH is 1. The SMILES string of the molecule is CCCCCCO.CCCC[N+](CCCC)(CCCC)CCCC.[Cl-]. The number of quaternary nitrogens is 1. The van der Waals surface area contributed by atoms with Crippen molar-refractivity contribution in [3.05, 3.63) is 0 Å². The van der Waals surface area contributed by atoms with Crippen LogP contribution in [0.5, 0.6) is 0 Å². The van der Waals surface area contributed by atoms with E-state index in [-0.39, 0.29) is 12.4 Å². The Morgan fingerprint density at radius 2 is 0.800 bits per heavy atom. The fraction of sp³-hybridized carbons (Fsp3) is 1.00. The van der Waals surface area contributed by atoms with Gasteiger partial charge in [0.05, 0.1) is 26.2 Å². The summed E-state index contributed by atoms with van der Waals surface area (Å²) in [6.07, 6.45) is 15.7. The van der Waals surface area contributed by atoms with Gasteiger partial charge in [-0.15, -0.1) is 0 Å². The van der Waals surface area contributed by atoms with Crippen LogP contribution in [0.2, 0.25) is 0 Å². The molecule has 0 bridgehead atoms. The fourth-order valence-corrected chi connectivity index (χ4v) is 3.18. The third-order valence-corrected chi connectivity index (χ3v) is 4.96. The van der Waals surface area contributed by atoms with E-state index in [1.165, 1.54) is 101 Å². The van der Waals surface area contributed by atoms with Gasteiger partial charge in [-0.25, -0.2) is 0 Å². The average Bonchev–Trinajstić information content (AvgIpc) is 2.61. The molecule has 0 aromatic rings. The first-order valence-corrected chi connectivity index (χ1v) is 11.1. The van der Waals surface area contributed by atoms with Crippen molar-refractivity contribution in [1.82, 2.24) is 0 Å². The molecular weight excluding hydrogens is 330 g/mol. The van der Waals surface area contributed by atoms with Gasteiger partial charge in [-0.2, -0.15) is 0 Å². The molecule has 0 saturated carbocycles. The molecule has 0 spiro atoms. The lowest BCUT2D eigenvalue weighted by Crippen LogP contribution is -3.00. The van der Waals surface area contributed by atoms with E-state index < -0.39 is 0 Å². The van der Waals surface area contributed by atoms with Crippen LogP contribution in [0.1, 0.15) is 112 Å². The van der Waals surface area contributed by atoms with Crippen molar-refractivity contribution >= 4 is 0 Å². The molecule has 0 amide bonds. The fourth-order valence-electron chi connectivity index (χ4n) is 3.18. The van der Waals surface area contributed by atoms with Crippen molar-refractivity contribution in [3.63, 3.8) is 0 Å². The standard InChI is InChI=1S/C16H36N.C6H14O.ClH/c1-5-9-13-17(14-10-6-2,15-11-7-3)16-12-8-4;1-2-3-4-5-6-7;/h5-16H2,1-4H3;7H,2-6H2,1H3;1H/q+1;;/p-1. The molecule has 0 fully saturated rings. The highest BCUT2D eigenvalue weighted by atomic mass is 35.5. The Kier molecular flexibility index (Phi) is 29.0. The van der Waals surface area contributed by atoms with Crippen LogP contribution in [0.25, 0.3) is 0 Å². The lowest BCUT2D eigenvalue weighted by atomic mass is 10.1. The first-order valence-electron chi connectivity index (χ1n) is 11.1. The van der Waals surface area contributed by atoms with Gasteiger partial charge >= 0.3 is 0 Å². The molecule has 0 heterocycles. The average molecular weight is 380 g/mol. The second-order valence-corrected chi connectivity index (χ2v) is 7.43.